The van der Waals surface area contributed by atoms with Crippen molar-refractivity contribution in [2.45, 2.75) is 26.3 Å². The van der Waals surface area contributed by atoms with Gasteiger partial charge >= 0.3 is 0 Å². The summed E-state index contributed by atoms with van der Waals surface area (Å²) in [6.45, 7) is 9.32. The molecule has 1 fully saturated rings. The number of benzene rings is 1. The number of anilines is 1. The van der Waals surface area contributed by atoms with E-state index in [1.54, 1.807) is 0 Å². The Morgan fingerprint density at radius 1 is 0.966 bits per heavy atom. The molecule has 2 aromatic heterocycles. The first kappa shape index (κ1) is 19.5. The number of amides is 1. The van der Waals surface area contributed by atoms with Gasteiger partial charge in [-0.15, -0.1) is 0 Å². The summed E-state index contributed by atoms with van der Waals surface area (Å²) in [6.07, 6.45) is 2.81. The molecule has 0 aliphatic carbocycles. The van der Waals surface area contributed by atoms with Crippen LogP contribution in [0.4, 0.5) is 5.82 Å². The number of hydrogen-bond acceptors (Lipinski definition) is 3. The molecule has 1 aliphatic rings. The number of pyridine rings is 1. The molecule has 0 atom stereocenters. The zero-order chi connectivity index (χ0) is 20.2. The summed E-state index contributed by atoms with van der Waals surface area (Å²) in [5.41, 5.74) is 3.05. The van der Waals surface area contributed by atoms with Crippen molar-refractivity contribution in [2.24, 2.45) is 0 Å². The summed E-state index contributed by atoms with van der Waals surface area (Å²) in [5, 5.41) is 3.05. The maximum Gasteiger partial charge on any atom is 0.252 e. The molecule has 5 heteroatoms. The van der Waals surface area contributed by atoms with Crippen molar-refractivity contribution >= 4 is 17.2 Å². The Kier molecular flexibility index (Phi) is 5.86. The highest BCUT2D eigenvalue weighted by Gasteiger charge is 2.21. The van der Waals surface area contributed by atoms with Gasteiger partial charge in [0.1, 0.15) is 5.82 Å². The predicted molar refractivity (Wildman–Crippen MR) is 119 cm³/mol. The van der Waals surface area contributed by atoms with Gasteiger partial charge in [0.25, 0.3) is 5.91 Å². The van der Waals surface area contributed by atoms with E-state index in [0.29, 0.717) is 18.2 Å². The van der Waals surface area contributed by atoms with E-state index < -0.39 is 0 Å². The number of aromatic nitrogens is 1. The third-order valence-electron chi connectivity index (χ3n) is 5.80. The van der Waals surface area contributed by atoms with E-state index in [1.165, 1.54) is 11.4 Å². The Morgan fingerprint density at radius 3 is 2.41 bits per heavy atom. The van der Waals surface area contributed by atoms with E-state index in [4.69, 9.17) is 0 Å². The smallest absolute Gasteiger partial charge is 0.252 e. The van der Waals surface area contributed by atoms with Gasteiger partial charge in [-0.25, -0.2) is 0 Å². The van der Waals surface area contributed by atoms with Crippen molar-refractivity contribution < 1.29 is 4.79 Å². The summed E-state index contributed by atoms with van der Waals surface area (Å²) in [7, 11) is 0. The lowest BCUT2D eigenvalue weighted by Gasteiger charge is -2.37. The van der Waals surface area contributed by atoms with Crippen LogP contribution in [0.15, 0.2) is 60.8 Å². The van der Waals surface area contributed by atoms with Crippen LogP contribution in [0.25, 0.3) is 5.52 Å². The number of hydrogen-bond donors (Lipinski definition) is 1. The van der Waals surface area contributed by atoms with Gasteiger partial charge in [0.2, 0.25) is 0 Å². The molecule has 152 valence electrons. The Hall–Kier alpha value is -2.79. The fourth-order valence-electron chi connectivity index (χ4n) is 4.01. The van der Waals surface area contributed by atoms with Crippen LogP contribution in [-0.4, -0.2) is 54.0 Å². The Morgan fingerprint density at radius 2 is 1.69 bits per heavy atom. The molecule has 1 amide bonds. The fraction of sp³-hybridized carbons (Fsp3) is 0.375. The van der Waals surface area contributed by atoms with E-state index in [9.17, 15) is 4.79 Å². The van der Waals surface area contributed by atoms with Gasteiger partial charge in [-0.05, 0) is 50.1 Å². The third-order valence-corrected chi connectivity index (χ3v) is 5.80. The first-order valence-electron chi connectivity index (χ1n) is 10.5. The third kappa shape index (κ3) is 4.46. The zero-order valence-corrected chi connectivity index (χ0v) is 17.3. The average Bonchev–Trinajstić information content (AvgIpc) is 3.17. The van der Waals surface area contributed by atoms with Crippen LogP contribution < -0.4 is 10.2 Å². The standard InChI is InChI=1S/C24H30N4O/c1-19(2)26-14-16-27(17-15-26)23-11-10-22-9-8-21(18-28(22)23)24(29)25-13-12-20-6-4-3-5-7-20/h3-11,18-19H,12-17H2,1-2H3,(H,25,29). The van der Waals surface area contributed by atoms with Crippen molar-refractivity contribution in [2.75, 3.05) is 37.6 Å². The second kappa shape index (κ2) is 8.70. The number of nitrogens with one attached hydrogen (secondary N) is 1. The maximum atomic E-state index is 12.7. The minimum atomic E-state index is -0.0212. The van der Waals surface area contributed by atoms with Crippen molar-refractivity contribution in [3.8, 4) is 0 Å². The summed E-state index contributed by atoms with van der Waals surface area (Å²) in [5.74, 6) is 1.15. The Balaban J connectivity index is 1.43. The van der Waals surface area contributed by atoms with Crippen LogP contribution in [0.1, 0.15) is 29.8 Å². The van der Waals surface area contributed by atoms with Crippen molar-refractivity contribution in [1.29, 1.82) is 0 Å². The number of fused-ring (bicyclic) bond motifs is 1. The molecule has 0 saturated carbocycles. The molecule has 5 nitrogen and oxygen atoms in total. The monoisotopic (exact) mass is 390 g/mol. The van der Waals surface area contributed by atoms with Gasteiger partial charge in [-0.2, -0.15) is 0 Å². The first-order valence-corrected chi connectivity index (χ1v) is 10.5. The lowest BCUT2D eigenvalue weighted by molar-refractivity contribution is 0.0953. The highest BCUT2D eigenvalue weighted by molar-refractivity contribution is 5.94. The van der Waals surface area contributed by atoms with Gasteiger partial charge in [0, 0.05) is 50.5 Å². The molecular weight excluding hydrogens is 360 g/mol. The van der Waals surface area contributed by atoms with Crippen LogP contribution in [0.5, 0.6) is 0 Å². The normalized spacial score (nSPS) is 15.2. The number of nitrogens with zero attached hydrogens (tertiary/aromatic N) is 3. The lowest BCUT2D eigenvalue weighted by Crippen LogP contribution is -2.49. The molecule has 1 saturated heterocycles. The molecular formula is C24H30N4O. The van der Waals surface area contributed by atoms with Gasteiger partial charge in [-0.1, -0.05) is 30.3 Å². The molecule has 0 spiro atoms. The van der Waals surface area contributed by atoms with E-state index in [0.717, 1.165) is 38.1 Å². The van der Waals surface area contributed by atoms with Crippen molar-refractivity contribution in [1.82, 2.24) is 14.6 Å². The van der Waals surface area contributed by atoms with E-state index >= 15 is 0 Å². The first-order chi connectivity index (χ1) is 14.1. The molecule has 3 aromatic rings. The van der Waals surface area contributed by atoms with Crippen LogP contribution >= 0.6 is 0 Å². The van der Waals surface area contributed by atoms with Gasteiger partial charge < -0.3 is 14.6 Å². The predicted octanol–water partition coefficient (Wildman–Crippen LogP) is 3.44. The second-order valence-electron chi connectivity index (χ2n) is 8.01. The summed E-state index contributed by atoms with van der Waals surface area (Å²) >= 11 is 0. The van der Waals surface area contributed by atoms with Crippen LogP contribution in [-0.2, 0) is 6.42 Å². The van der Waals surface area contributed by atoms with Crippen molar-refractivity contribution in [3.05, 3.63) is 71.9 Å². The molecule has 3 heterocycles. The van der Waals surface area contributed by atoms with Crippen LogP contribution in [0, 0.1) is 0 Å². The highest BCUT2D eigenvalue weighted by Crippen LogP contribution is 2.22. The molecule has 4 rings (SSSR count). The minimum absolute atomic E-state index is 0.0212. The number of carbonyl (C=O) groups excluding carboxylic acids is 1. The lowest BCUT2D eigenvalue weighted by atomic mass is 10.1. The largest absolute Gasteiger partial charge is 0.355 e. The Bertz CT molecular complexity index is 955. The minimum Gasteiger partial charge on any atom is -0.355 e. The zero-order valence-electron chi connectivity index (χ0n) is 17.3. The molecule has 1 N–H and O–H groups in total. The van der Waals surface area contributed by atoms with E-state index in [-0.39, 0.29) is 5.91 Å². The molecule has 1 aliphatic heterocycles. The second-order valence-corrected chi connectivity index (χ2v) is 8.01. The highest BCUT2D eigenvalue weighted by atomic mass is 16.1. The SMILES string of the molecule is CC(C)N1CCN(c2ccc3ccc(C(=O)NCCc4ccccc4)cn23)CC1. The maximum absolute atomic E-state index is 12.7. The molecule has 1 aromatic carbocycles. The molecule has 0 unspecified atom stereocenters. The number of carbonyl (C=O) groups is 1. The molecule has 0 bridgehead atoms. The van der Waals surface area contributed by atoms with Gasteiger partial charge in [0.15, 0.2) is 0 Å². The average molecular weight is 391 g/mol. The molecule has 29 heavy (non-hydrogen) atoms. The topological polar surface area (TPSA) is 40.0 Å². The summed E-state index contributed by atoms with van der Waals surface area (Å²) in [6, 6.07) is 19.1. The van der Waals surface area contributed by atoms with Gasteiger partial charge in [0.05, 0.1) is 5.56 Å². The van der Waals surface area contributed by atoms with E-state index in [1.807, 2.05) is 36.5 Å². The number of piperazine rings is 1. The summed E-state index contributed by atoms with van der Waals surface area (Å²) in [4.78, 5) is 17.6. The molecule has 0 radical (unpaired) electrons. The Labute approximate surface area is 172 Å². The van der Waals surface area contributed by atoms with Crippen molar-refractivity contribution in [3.63, 3.8) is 0 Å². The quantitative estimate of drug-likeness (QED) is 0.701. The van der Waals surface area contributed by atoms with E-state index in [2.05, 4.69) is 57.6 Å². The van der Waals surface area contributed by atoms with Gasteiger partial charge in [-0.3, -0.25) is 9.69 Å². The summed E-state index contributed by atoms with van der Waals surface area (Å²) < 4.78 is 2.15. The van der Waals surface area contributed by atoms with Crippen LogP contribution in [0.2, 0.25) is 0 Å². The fourth-order valence-corrected chi connectivity index (χ4v) is 4.01. The number of rotatable bonds is 6. The van der Waals surface area contributed by atoms with Crippen LogP contribution in [0.3, 0.4) is 0 Å².